The number of piperazine rings is 1. The van der Waals surface area contributed by atoms with Gasteiger partial charge in [0.15, 0.2) is 0 Å². The Morgan fingerprint density at radius 3 is 2.32 bits per heavy atom. The van der Waals surface area contributed by atoms with Gasteiger partial charge in [-0.3, -0.25) is 4.90 Å². The van der Waals surface area contributed by atoms with Crippen molar-refractivity contribution in [1.82, 2.24) is 10.2 Å². The molecule has 1 fully saturated rings. The van der Waals surface area contributed by atoms with Crippen LogP contribution in [0, 0.1) is 0 Å². The van der Waals surface area contributed by atoms with Gasteiger partial charge in [-0.1, -0.05) is 18.2 Å². The molecule has 1 aromatic rings. The lowest BCUT2D eigenvalue weighted by molar-refractivity contribution is -0.188. The number of alkyl halides is 3. The number of nitrogens with one attached hydrogen (secondary N) is 1. The molecule has 3 nitrogen and oxygen atoms in total. The molecule has 128 valence electrons. The van der Waals surface area contributed by atoms with Crippen LogP contribution in [-0.4, -0.2) is 43.9 Å². The Kier molecular flexibility index (Phi) is 9.15. The predicted octanol–water partition coefficient (Wildman–Crippen LogP) is 3.44. The molecule has 8 heteroatoms. The summed E-state index contributed by atoms with van der Waals surface area (Å²) >= 11 is 0. The fourth-order valence-electron chi connectivity index (χ4n) is 2.51. The largest absolute Gasteiger partial charge is 0.494 e. The summed E-state index contributed by atoms with van der Waals surface area (Å²) in [4.78, 5) is 1.47. The number of nitrogens with zero attached hydrogens (tertiary/aromatic N) is 1. The van der Waals surface area contributed by atoms with Crippen molar-refractivity contribution in [2.75, 3.05) is 32.8 Å². The molecule has 0 amide bonds. The zero-order valence-electron chi connectivity index (χ0n) is 12.2. The maximum Gasteiger partial charge on any atom is 0.408 e. The van der Waals surface area contributed by atoms with Crippen LogP contribution in [0.5, 0.6) is 5.75 Å². The van der Waals surface area contributed by atoms with Gasteiger partial charge in [-0.25, -0.2) is 0 Å². The van der Waals surface area contributed by atoms with E-state index in [-0.39, 0.29) is 30.4 Å². The van der Waals surface area contributed by atoms with Gasteiger partial charge >= 0.3 is 6.18 Å². The molecular formula is C14H21Cl2F3N2O. The van der Waals surface area contributed by atoms with E-state index in [1.165, 1.54) is 11.0 Å². The van der Waals surface area contributed by atoms with Gasteiger partial charge in [0.1, 0.15) is 11.8 Å². The summed E-state index contributed by atoms with van der Waals surface area (Å²) < 4.78 is 45.8. The van der Waals surface area contributed by atoms with Crippen LogP contribution in [0.25, 0.3) is 0 Å². The number of ether oxygens (including phenoxy) is 1. The molecule has 1 atom stereocenters. The summed E-state index contributed by atoms with van der Waals surface area (Å²) in [6.07, 6.45) is -4.31. The summed E-state index contributed by atoms with van der Waals surface area (Å²) in [5.41, 5.74) is 0.198. The van der Waals surface area contributed by atoms with E-state index in [2.05, 4.69) is 5.32 Å². The predicted molar refractivity (Wildman–Crippen MR) is 85.3 cm³/mol. The van der Waals surface area contributed by atoms with Crippen LogP contribution in [-0.2, 0) is 0 Å². The van der Waals surface area contributed by atoms with Gasteiger partial charge in [-0.15, -0.1) is 24.8 Å². The molecule has 0 bridgehead atoms. The highest BCUT2D eigenvalue weighted by Crippen LogP contribution is 2.41. The maximum absolute atomic E-state index is 13.5. The molecule has 1 aliphatic heterocycles. The third-order valence-electron chi connectivity index (χ3n) is 3.34. The van der Waals surface area contributed by atoms with Crippen LogP contribution >= 0.6 is 24.8 Å². The number of benzene rings is 1. The maximum atomic E-state index is 13.5. The zero-order chi connectivity index (χ0) is 14.6. The monoisotopic (exact) mass is 360 g/mol. The normalized spacial score (nSPS) is 17.1. The highest BCUT2D eigenvalue weighted by molar-refractivity contribution is 5.85. The molecule has 1 aliphatic rings. The Hall–Kier alpha value is -0.690. The SMILES string of the molecule is CCOc1ccccc1[C@H](N1CCNCC1)C(F)(F)F.Cl.Cl. The van der Waals surface area contributed by atoms with Crippen molar-refractivity contribution in [3.63, 3.8) is 0 Å². The first-order valence-corrected chi connectivity index (χ1v) is 6.77. The topological polar surface area (TPSA) is 24.5 Å². The Labute approximate surface area is 141 Å². The van der Waals surface area contributed by atoms with E-state index >= 15 is 0 Å². The average Bonchev–Trinajstić information content (AvgIpc) is 2.41. The highest BCUT2D eigenvalue weighted by atomic mass is 35.5. The van der Waals surface area contributed by atoms with Crippen molar-refractivity contribution in [2.45, 2.75) is 19.1 Å². The van der Waals surface area contributed by atoms with Gasteiger partial charge in [0.05, 0.1) is 6.61 Å². The van der Waals surface area contributed by atoms with Crippen molar-refractivity contribution < 1.29 is 17.9 Å². The van der Waals surface area contributed by atoms with Crippen LogP contribution in [0.4, 0.5) is 13.2 Å². The molecule has 0 aliphatic carbocycles. The molecule has 0 saturated carbocycles. The molecule has 1 aromatic carbocycles. The van der Waals surface area contributed by atoms with E-state index in [9.17, 15) is 13.2 Å². The first-order chi connectivity index (χ1) is 9.54. The van der Waals surface area contributed by atoms with Gasteiger partial charge in [-0.2, -0.15) is 13.2 Å². The van der Waals surface area contributed by atoms with Crippen LogP contribution in [0.15, 0.2) is 24.3 Å². The second-order valence-electron chi connectivity index (χ2n) is 4.70. The molecule has 1 saturated heterocycles. The lowest BCUT2D eigenvalue weighted by atomic mass is 10.0. The molecule has 0 unspecified atom stereocenters. The van der Waals surface area contributed by atoms with Gasteiger partial charge in [0, 0.05) is 31.7 Å². The highest BCUT2D eigenvalue weighted by Gasteiger charge is 2.46. The van der Waals surface area contributed by atoms with Crippen molar-refractivity contribution in [3.8, 4) is 5.75 Å². The number of para-hydroxylation sites is 1. The molecule has 2 rings (SSSR count). The van der Waals surface area contributed by atoms with Crippen molar-refractivity contribution in [1.29, 1.82) is 0 Å². The molecule has 0 radical (unpaired) electrons. The molecule has 1 heterocycles. The van der Waals surface area contributed by atoms with Crippen molar-refractivity contribution in [2.24, 2.45) is 0 Å². The minimum absolute atomic E-state index is 0. The second-order valence-corrected chi connectivity index (χ2v) is 4.70. The van der Waals surface area contributed by atoms with E-state index in [0.717, 1.165) is 0 Å². The molecule has 22 heavy (non-hydrogen) atoms. The van der Waals surface area contributed by atoms with Crippen LogP contribution in [0.3, 0.4) is 0 Å². The summed E-state index contributed by atoms with van der Waals surface area (Å²) in [6, 6.07) is 4.82. The standard InChI is InChI=1S/C14H19F3N2O.2ClH/c1-2-20-12-6-4-3-5-11(12)13(14(15,16)17)19-9-7-18-8-10-19;;/h3-6,13,18H,2,7-10H2,1H3;2*1H/t13-;;/m0../s1. The Bertz CT molecular complexity index is 440. The Morgan fingerprint density at radius 2 is 1.77 bits per heavy atom. The van der Waals surface area contributed by atoms with Gasteiger partial charge in [-0.05, 0) is 13.0 Å². The first kappa shape index (κ1) is 21.3. The van der Waals surface area contributed by atoms with E-state index in [1.807, 2.05) is 0 Å². The van der Waals surface area contributed by atoms with Crippen molar-refractivity contribution >= 4 is 24.8 Å². The fraction of sp³-hybridized carbons (Fsp3) is 0.571. The molecular weight excluding hydrogens is 340 g/mol. The Balaban J connectivity index is 0.00000220. The summed E-state index contributed by atoms with van der Waals surface area (Å²) in [6.45, 7) is 4.02. The molecule has 0 aromatic heterocycles. The number of rotatable bonds is 4. The second kappa shape index (κ2) is 9.45. The quantitative estimate of drug-likeness (QED) is 0.889. The summed E-state index contributed by atoms with van der Waals surface area (Å²) in [7, 11) is 0. The van der Waals surface area contributed by atoms with Crippen LogP contribution in [0.2, 0.25) is 0 Å². The minimum Gasteiger partial charge on any atom is -0.494 e. The van der Waals surface area contributed by atoms with E-state index < -0.39 is 12.2 Å². The third-order valence-corrected chi connectivity index (χ3v) is 3.34. The number of hydrogen-bond acceptors (Lipinski definition) is 3. The lowest BCUT2D eigenvalue weighted by Crippen LogP contribution is -2.49. The lowest BCUT2D eigenvalue weighted by Gasteiger charge is -2.36. The minimum atomic E-state index is -4.31. The van der Waals surface area contributed by atoms with Crippen molar-refractivity contribution in [3.05, 3.63) is 29.8 Å². The first-order valence-electron chi connectivity index (χ1n) is 6.77. The van der Waals surface area contributed by atoms with E-state index in [1.54, 1.807) is 25.1 Å². The van der Waals surface area contributed by atoms with Gasteiger partial charge in [0.25, 0.3) is 0 Å². The Morgan fingerprint density at radius 1 is 1.18 bits per heavy atom. The smallest absolute Gasteiger partial charge is 0.408 e. The fourth-order valence-corrected chi connectivity index (χ4v) is 2.51. The van der Waals surface area contributed by atoms with Gasteiger partial charge < -0.3 is 10.1 Å². The van der Waals surface area contributed by atoms with E-state index in [0.29, 0.717) is 38.5 Å². The number of hydrogen-bond donors (Lipinski definition) is 1. The summed E-state index contributed by atoms with van der Waals surface area (Å²) in [5, 5.41) is 3.07. The van der Waals surface area contributed by atoms with Crippen LogP contribution in [0.1, 0.15) is 18.5 Å². The average molecular weight is 361 g/mol. The zero-order valence-corrected chi connectivity index (χ0v) is 13.9. The molecule has 1 N–H and O–H groups in total. The van der Waals surface area contributed by atoms with E-state index in [4.69, 9.17) is 4.74 Å². The third kappa shape index (κ3) is 5.19. The van der Waals surface area contributed by atoms with Crippen LogP contribution < -0.4 is 10.1 Å². The van der Waals surface area contributed by atoms with Gasteiger partial charge in [0.2, 0.25) is 0 Å². The number of halogens is 5. The summed E-state index contributed by atoms with van der Waals surface area (Å²) in [5.74, 6) is 0.316. The molecule has 0 spiro atoms.